The SMILES string of the molecule is C=CCN(CC=C)C(=O)Cn1cnc(C#N)n1. The maximum Gasteiger partial charge on any atom is 0.252 e. The second-order valence-electron chi connectivity index (χ2n) is 3.25. The summed E-state index contributed by atoms with van der Waals surface area (Å²) in [6.07, 6.45) is 4.64. The zero-order chi connectivity index (χ0) is 12.7. The van der Waals surface area contributed by atoms with Gasteiger partial charge in [-0.25, -0.2) is 9.67 Å². The van der Waals surface area contributed by atoms with Crippen molar-refractivity contribution in [2.45, 2.75) is 6.54 Å². The second kappa shape index (κ2) is 6.23. The number of carbonyl (C=O) groups excluding carboxylic acids is 1. The molecule has 1 heterocycles. The lowest BCUT2D eigenvalue weighted by atomic mass is 10.4. The van der Waals surface area contributed by atoms with Crippen molar-refractivity contribution in [3.8, 4) is 6.07 Å². The third-order valence-corrected chi connectivity index (χ3v) is 1.99. The number of amides is 1. The van der Waals surface area contributed by atoms with Gasteiger partial charge in [-0.3, -0.25) is 4.79 Å². The zero-order valence-electron chi connectivity index (χ0n) is 9.41. The number of carbonyl (C=O) groups is 1. The maximum atomic E-state index is 11.8. The van der Waals surface area contributed by atoms with E-state index in [9.17, 15) is 4.79 Å². The molecule has 1 rings (SSSR count). The summed E-state index contributed by atoms with van der Waals surface area (Å²) < 4.78 is 1.33. The zero-order valence-corrected chi connectivity index (χ0v) is 9.41. The molecular weight excluding hydrogens is 218 g/mol. The van der Waals surface area contributed by atoms with Crippen molar-refractivity contribution < 1.29 is 4.79 Å². The Morgan fingerprint density at radius 1 is 1.53 bits per heavy atom. The molecule has 0 saturated carbocycles. The van der Waals surface area contributed by atoms with E-state index in [1.54, 1.807) is 23.1 Å². The van der Waals surface area contributed by atoms with Crippen LogP contribution in [0.3, 0.4) is 0 Å². The maximum absolute atomic E-state index is 11.8. The molecule has 0 aliphatic heterocycles. The van der Waals surface area contributed by atoms with E-state index in [2.05, 4.69) is 23.2 Å². The monoisotopic (exact) mass is 231 g/mol. The molecule has 0 N–H and O–H groups in total. The van der Waals surface area contributed by atoms with E-state index in [-0.39, 0.29) is 18.3 Å². The van der Waals surface area contributed by atoms with Crippen LogP contribution in [0.1, 0.15) is 5.82 Å². The van der Waals surface area contributed by atoms with Crippen LogP contribution in [-0.4, -0.2) is 38.7 Å². The quantitative estimate of drug-likeness (QED) is 0.662. The molecule has 0 fully saturated rings. The second-order valence-corrected chi connectivity index (χ2v) is 3.25. The fourth-order valence-electron chi connectivity index (χ4n) is 1.25. The fourth-order valence-corrected chi connectivity index (χ4v) is 1.25. The number of aromatic nitrogens is 3. The first kappa shape index (κ1) is 12.6. The number of hydrogen-bond donors (Lipinski definition) is 0. The Balaban J connectivity index is 2.65. The largest absolute Gasteiger partial charge is 0.334 e. The Hall–Kier alpha value is -2.42. The van der Waals surface area contributed by atoms with Crippen molar-refractivity contribution in [2.24, 2.45) is 0 Å². The van der Waals surface area contributed by atoms with Crippen LogP contribution in [0.15, 0.2) is 31.6 Å². The lowest BCUT2D eigenvalue weighted by molar-refractivity contribution is -0.131. The summed E-state index contributed by atoms with van der Waals surface area (Å²) in [7, 11) is 0. The standard InChI is InChI=1S/C11H13N5O/c1-3-5-15(6-4-2)11(17)8-16-9-13-10(7-12)14-16/h3-4,9H,1-2,5-6,8H2. The summed E-state index contributed by atoms with van der Waals surface area (Å²) in [6, 6.07) is 1.80. The third kappa shape index (κ3) is 3.57. The summed E-state index contributed by atoms with van der Waals surface area (Å²) >= 11 is 0. The van der Waals surface area contributed by atoms with Crippen molar-refractivity contribution in [3.63, 3.8) is 0 Å². The minimum absolute atomic E-state index is 0.0519. The summed E-state index contributed by atoms with van der Waals surface area (Å²) in [5.41, 5.74) is 0. The molecule has 6 heteroatoms. The molecular formula is C11H13N5O. The first-order valence-corrected chi connectivity index (χ1v) is 5.00. The molecule has 0 radical (unpaired) electrons. The Morgan fingerprint density at radius 2 is 2.18 bits per heavy atom. The minimum atomic E-state index is -0.126. The normalized spacial score (nSPS) is 9.35. The number of nitrogens with zero attached hydrogens (tertiary/aromatic N) is 5. The summed E-state index contributed by atoms with van der Waals surface area (Å²) in [6.45, 7) is 8.12. The molecule has 0 spiro atoms. The summed E-state index contributed by atoms with van der Waals surface area (Å²) in [5, 5.41) is 12.4. The molecule has 88 valence electrons. The molecule has 0 aromatic carbocycles. The van der Waals surface area contributed by atoms with Gasteiger partial charge in [-0.15, -0.1) is 18.3 Å². The van der Waals surface area contributed by atoms with E-state index in [0.29, 0.717) is 13.1 Å². The van der Waals surface area contributed by atoms with Crippen LogP contribution >= 0.6 is 0 Å². The van der Waals surface area contributed by atoms with Gasteiger partial charge in [0.15, 0.2) is 0 Å². The van der Waals surface area contributed by atoms with Gasteiger partial charge in [0, 0.05) is 13.1 Å². The van der Waals surface area contributed by atoms with Gasteiger partial charge in [0.1, 0.15) is 18.9 Å². The van der Waals surface area contributed by atoms with Gasteiger partial charge in [0.25, 0.3) is 5.82 Å². The molecule has 1 amide bonds. The molecule has 0 aliphatic rings. The van der Waals surface area contributed by atoms with Gasteiger partial charge in [0.05, 0.1) is 0 Å². The van der Waals surface area contributed by atoms with Gasteiger partial charge >= 0.3 is 0 Å². The van der Waals surface area contributed by atoms with Gasteiger partial charge in [-0.2, -0.15) is 5.26 Å². The van der Waals surface area contributed by atoms with E-state index in [1.807, 2.05) is 0 Å². The van der Waals surface area contributed by atoms with Gasteiger partial charge in [0.2, 0.25) is 5.91 Å². The predicted molar refractivity (Wildman–Crippen MR) is 61.7 cm³/mol. The highest BCUT2D eigenvalue weighted by Gasteiger charge is 2.12. The van der Waals surface area contributed by atoms with Crippen molar-refractivity contribution in [1.82, 2.24) is 19.7 Å². The Kier molecular flexibility index (Phi) is 4.63. The van der Waals surface area contributed by atoms with Crippen LogP contribution in [0.5, 0.6) is 0 Å². The van der Waals surface area contributed by atoms with Crippen molar-refractivity contribution in [3.05, 3.63) is 37.5 Å². The highest BCUT2D eigenvalue weighted by atomic mass is 16.2. The van der Waals surface area contributed by atoms with E-state index in [0.717, 1.165) is 0 Å². The summed E-state index contributed by atoms with van der Waals surface area (Å²) in [5.74, 6) is -0.0732. The Morgan fingerprint density at radius 3 is 2.65 bits per heavy atom. The molecule has 0 atom stereocenters. The van der Waals surface area contributed by atoms with Crippen LogP contribution in [0.25, 0.3) is 0 Å². The first-order valence-electron chi connectivity index (χ1n) is 5.00. The number of nitriles is 1. The van der Waals surface area contributed by atoms with Crippen molar-refractivity contribution in [1.29, 1.82) is 5.26 Å². The van der Waals surface area contributed by atoms with Crippen LogP contribution < -0.4 is 0 Å². The van der Waals surface area contributed by atoms with Gasteiger partial charge in [-0.05, 0) is 0 Å². The highest BCUT2D eigenvalue weighted by molar-refractivity contribution is 5.76. The first-order chi connectivity index (χ1) is 8.21. The van der Waals surface area contributed by atoms with Crippen molar-refractivity contribution in [2.75, 3.05) is 13.1 Å². The van der Waals surface area contributed by atoms with E-state index < -0.39 is 0 Å². The molecule has 6 nitrogen and oxygen atoms in total. The third-order valence-electron chi connectivity index (χ3n) is 1.99. The van der Waals surface area contributed by atoms with Crippen LogP contribution in [-0.2, 0) is 11.3 Å². The van der Waals surface area contributed by atoms with Gasteiger partial charge < -0.3 is 4.90 Å². The highest BCUT2D eigenvalue weighted by Crippen LogP contribution is 1.95. The molecule has 0 unspecified atom stereocenters. The van der Waals surface area contributed by atoms with Crippen LogP contribution in [0.4, 0.5) is 0 Å². The number of hydrogen-bond acceptors (Lipinski definition) is 4. The lowest BCUT2D eigenvalue weighted by Gasteiger charge is -2.18. The minimum Gasteiger partial charge on any atom is -0.334 e. The molecule has 0 saturated heterocycles. The van der Waals surface area contributed by atoms with Crippen LogP contribution in [0.2, 0.25) is 0 Å². The lowest BCUT2D eigenvalue weighted by Crippen LogP contribution is -2.34. The molecule has 17 heavy (non-hydrogen) atoms. The smallest absolute Gasteiger partial charge is 0.252 e. The molecule has 1 aromatic rings. The molecule has 1 aromatic heterocycles. The van der Waals surface area contributed by atoms with E-state index >= 15 is 0 Å². The molecule has 0 aliphatic carbocycles. The number of rotatable bonds is 6. The average Bonchev–Trinajstić information content (AvgIpc) is 2.76. The van der Waals surface area contributed by atoms with Gasteiger partial charge in [-0.1, -0.05) is 12.2 Å². The van der Waals surface area contributed by atoms with E-state index in [1.165, 1.54) is 11.0 Å². The molecule has 0 bridgehead atoms. The predicted octanol–water partition coefficient (Wildman–Crippen LogP) is 0.350. The fraction of sp³-hybridized carbons (Fsp3) is 0.273. The van der Waals surface area contributed by atoms with E-state index in [4.69, 9.17) is 5.26 Å². The topological polar surface area (TPSA) is 74.8 Å². The van der Waals surface area contributed by atoms with Crippen LogP contribution in [0, 0.1) is 11.3 Å². The Labute approximate surface area is 99.5 Å². The average molecular weight is 231 g/mol. The summed E-state index contributed by atoms with van der Waals surface area (Å²) in [4.78, 5) is 17.1. The van der Waals surface area contributed by atoms with Crippen molar-refractivity contribution >= 4 is 5.91 Å². The Bertz CT molecular complexity index is 447.